The lowest BCUT2D eigenvalue weighted by molar-refractivity contribution is 0.0701. The molecule has 5 heterocycles. The van der Waals surface area contributed by atoms with Gasteiger partial charge in [-0.05, 0) is 25.1 Å². The number of hydrogen-bond acceptors (Lipinski definition) is 8. The minimum atomic E-state index is -0.951. The van der Waals surface area contributed by atoms with E-state index in [2.05, 4.69) is 31.3 Å². The molecule has 0 bridgehead atoms. The number of benzene rings is 1. The van der Waals surface area contributed by atoms with Crippen LogP contribution in [0.5, 0.6) is 5.88 Å². The van der Waals surface area contributed by atoms with Crippen molar-refractivity contribution in [3.05, 3.63) is 93.4 Å². The van der Waals surface area contributed by atoms with E-state index in [4.69, 9.17) is 21.4 Å². The van der Waals surface area contributed by atoms with Gasteiger partial charge in [-0.1, -0.05) is 23.7 Å². The molecule has 218 valence electrons. The fourth-order valence-corrected chi connectivity index (χ4v) is 6.20. The maximum Gasteiger partial charge on any atom is 0.347 e. The van der Waals surface area contributed by atoms with Crippen molar-refractivity contribution in [2.24, 2.45) is 0 Å². The van der Waals surface area contributed by atoms with Crippen LogP contribution >= 0.6 is 22.9 Å². The number of anilines is 1. The van der Waals surface area contributed by atoms with Gasteiger partial charge in [0.15, 0.2) is 0 Å². The summed E-state index contributed by atoms with van der Waals surface area (Å²) in [6.45, 7) is 6.75. The molecule has 1 aliphatic rings. The van der Waals surface area contributed by atoms with Gasteiger partial charge in [0.2, 0.25) is 5.88 Å². The smallest absolute Gasteiger partial charge is 0.347 e. The molecular formula is C29H29ClFN7O3S. The number of piperazine rings is 1. The number of aryl methyl sites for hydroxylation is 1. The van der Waals surface area contributed by atoms with Crippen LogP contribution in [0.25, 0.3) is 4.83 Å². The zero-order chi connectivity index (χ0) is 29.2. The summed E-state index contributed by atoms with van der Waals surface area (Å²) in [6.07, 6.45) is 5.89. The van der Waals surface area contributed by atoms with Gasteiger partial charge in [-0.15, -0.1) is 11.3 Å². The molecule has 6 rings (SSSR count). The van der Waals surface area contributed by atoms with Crippen LogP contribution in [-0.4, -0.2) is 66.3 Å². The van der Waals surface area contributed by atoms with Crippen molar-refractivity contribution in [2.75, 3.05) is 31.1 Å². The average molecular weight is 610 g/mol. The first kappa shape index (κ1) is 28.1. The summed E-state index contributed by atoms with van der Waals surface area (Å²) in [5.74, 6) is -0.123. The summed E-state index contributed by atoms with van der Waals surface area (Å²) >= 11 is 7.09. The van der Waals surface area contributed by atoms with Crippen molar-refractivity contribution in [1.29, 1.82) is 0 Å². The lowest BCUT2D eigenvalue weighted by atomic mass is 10.1. The van der Waals surface area contributed by atoms with Crippen LogP contribution in [0.4, 0.5) is 10.2 Å². The van der Waals surface area contributed by atoms with Crippen molar-refractivity contribution in [3.63, 3.8) is 0 Å². The number of hydrogen-bond donors (Lipinski definition) is 1. The highest BCUT2D eigenvalue weighted by molar-refractivity contribution is 7.19. The van der Waals surface area contributed by atoms with Crippen LogP contribution < -0.4 is 9.64 Å². The van der Waals surface area contributed by atoms with Crippen molar-refractivity contribution < 1.29 is 19.0 Å². The standard InChI is InChI=1S/C29H29ClFN7O3S/c1-2-36-18-32-14-21(36)13-22-24(34-38-16-25(29(39)40)42-28(22)38)15-35-8-10-37(11-9-35)26-4-3-5-27(33-26)41-17-19-6-7-20(30)12-23(19)31/h3-7,12,14,16,18H,2,8-11,13,15,17H2,1H3,(H,39,40). The molecular weight excluding hydrogens is 581 g/mol. The van der Waals surface area contributed by atoms with E-state index in [9.17, 15) is 14.3 Å². The number of carboxylic acid groups (broad SMARTS) is 1. The lowest BCUT2D eigenvalue weighted by Crippen LogP contribution is -2.46. The van der Waals surface area contributed by atoms with Crippen molar-refractivity contribution >= 4 is 39.6 Å². The third-order valence-electron chi connectivity index (χ3n) is 7.37. The number of halogens is 2. The van der Waals surface area contributed by atoms with E-state index in [-0.39, 0.29) is 11.5 Å². The Morgan fingerprint density at radius 3 is 2.79 bits per heavy atom. The molecule has 0 aliphatic carbocycles. The zero-order valence-corrected chi connectivity index (χ0v) is 24.5. The minimum absolute atomic E-state index is 0.0602. The van der Waals surface area contributed by atoms with E-state index < -0.39 is 11.8 Å². The molecule has 1 aromatic carbocycles. The van der Waals surface area contributed by atoms with Gasteiger partial charge in [0, 0.05) is 79.8 Å². The van der Waals surface area contributed by atoms with Crippen LogP contribution in [-0.2, 0) is 26.1 Å². The van der Waals surface area contributed by atoms with Gasteiger partial charge < -0.3 is 19.3 Å². The summed E-state index contributed by atoms with van der Waals surface area (Å²) in [5.41, 5.74) is 3.46. The lowest BCUT2D eigenvalue weighted by Gasteiger charge is -2.35. The number of carbonyl (C=O) groups is 1. The second-order valence-corrected chi connectivity index (χ2v) is 11.5. The molecule has 0 amide bonds. The van der Waals surface area contributed by atoms with E-state index in [0.717, 1.165) is 60.3 Å². The number of carboxylic acids is 1. The van der Waals surface area contributed by atoms with E-state index in [1.807, 2.05) is 24.7 Å². The topological polar surface area (TPSA) is 101 Å². The fourth-order valence-electron chi connectivity index (χ4n) is 5.10. The number of nitrogens with zero attached hydrogens (tertiary/aromatic N) is 7. The first-order valence-electron chi connectivity index (χ1n) is 13.6. The van der Waals surface area contributed by atoms with Gasteiger partial charge in [0.1, 0.15) is 27.9 Å². The predicted molar refractivity (Wildman–Crippen MR) is 158 cm³/mol. The number of rotatable bonds is 10. The number of pyridine rings is 1. The summed E-state index contributed by atoms with van der Waals surface area (Å²) in [5, 5.41) is 14.7. The van der Waals surface area contributed by atoms with Gasteiger partial charge in [0.05, 0.1) is 18.2 Å². The molecule has 0 spiro atoms. The Labute approximate surface area is 250 Å². The Morgan fingerprint density at radius 1 is 1.19 bits per heavy atom. The number of aromatic nitrogens is 5. The average Bonchev–Trinajstić information content (AvgIpc) is 3.69. The van der Waals surface area contributed by atoms with Crippen LogP contribution in [0.2, 0.25) is 5.02 Å². The second kappa shape index (κ2) is 12.1. The third kappa shape index (κ3) is 5.96. The van der Waals surface area contributed by atoms with Crippen molar-refractivity contribution in [1.82, 2.24) is 29.0 Å². The van der Waals surface area contributed by atoms with E-state index in [1.54, 1.807) is 28.9 Å². The molecule has 0 atom stereocenters. The Hall–Kier alpha value is -4.00. The summed E-state index contributed by atoms with van der Waals surface area (Å²) in [6, 6.07) is 10.1. The van der Waals surface area contributed by atoms with Gasteiger partial charge in [-0.3, -0.25) is 4.90 Å². The molecule has 4 aromatic heterocycles. The molecule has 1 N–H and O–H groups in total. The van der Waals surface area contributed by atoms with Crippen molar-refractivity contribution in [3.8, 4) is 5.88 Å². The quantitative estimate of drug-likeness (QED) is 0.236. The highest BCUT2D eigenvalue weighted by atomic mass is 35.5. The number of imidazole rings is 1. The molecule has 1 saturated heterocycles. The van der Waals surface area contributed by atoms with E-state index >= 15 is 0 Å². The molecule has 10 nitrogen and oxygen atoms in total. The molecule has 5 aromatic rings. The normalized spacial score (nSPS) is 14.1. The number of aromatic carboxylic acids is 1. The third-order valence-corrected chi connectivity index (χ3v) is 8.73. The minimum Gasteiger partial charge on any atom is -0.477 e. The van der Waals surface area contributed by atoms with Crippen LogP contribution in [0.1, 0.15) is 39.1 Å². The Morgan fingerprint density at radius 2 is 2.02 bits per heavy atom. The monoisotopic (exact) mass is 609 g/mol. The zero-order valence-electron chi connectivity index (χ0n) is 22.9. The highest BCUT2D eigenvalue weighted by Crippen LogP contribution is 2.28. The number of ether oxygens (including phenoxy) is 1. The van der Waals surface area contributed by atoms with Gasteiger partial charge in [-0.2, -0.15) is 10.1 Å². The van der Waals surface area contributed by atoms with Crippen LogP contribution in [0.3, 0.4) is 0 Å². The predicted octanol–water partition coefficient (Wildman–Crippen LogP) is 4.99. The molecule has 0 saturated carbocycles. The van der Waals surface area contributed by atoms with Crippen molar-refractivity contribution in [2.45, 2.75) is 33.0 Å². The Bertz CT molecular complexity index is 1730. The van der Waals surface area contributed by atoms with Crippen LogP contribution in [0.15, 0.2) is 55.1 Å². The first-order valence-corrected chi connectivity index (χ1v) is 14.8. The molecule has 0 unspecified atom stereocenters. The second-order valence-electron chi connectivity index (χ2n) is 10.0. The number of thiazole rings is 1. The summed E-state index contributed by atoms with van der Waals surface area (Å²) in [7, 11) is 0. The first-order chi connectivity index (χ1) is 20.4. The SMILES string of the molecule is CCn1cncc1Cc1c(CN2CCN(c3cccc(OCc4ccc(Cl)cc4F)n3)CC2)nn2cc(C(=O)O)sc12. The molecule has 1 fully saturated rings. The highest BCUT2D eigenvalue weighted by Gasteiger charge is 2.24. The van der Waals surface area contributed by atoms with E-state index in [1.165, 1.54) is 17.4 Å². The van der Waals surface area contributed by atoms with E-state index in [0.29, 0.717) is 29.4 Å². The van der Waals surface area contributed by atoms with Gasteiger partial charge >= 0.3 is 5.97 Å². The molecule has 13 heteroatoms. The fraction of sp³-hybridized carbons (Fsp3) is 0.310. The Balaban J connectivity index is 1.12. The Kier molecular flexibility index (Phi) is 8.09. The summed E-state index contributed by atoms with van der Waals surface area (Å²) in [4.78, 5) is 26.2. The maximum atomic E-state index is 14.1. The van der Waals surface area contributed by atoms with Crippen LogP contribution in [0, 0.1) is 5.82 Å². The largest absolute Gasteiger partial charge is 0.477 e. The van der Waals surface area contributed by atoms with Gasteiger partial charge in [0.25, 0.3) is 0 Å². The maximum absolute atomic E-state index is 14.1. The van der Waals surface area contributed by atoms with Gasteiger partial charge in [-0.25, -0.2) is 18.7 Å². The molecule has 42 heavy (non-hydrogen) atoms. The summed E-state index contributed by atoms with van der Waals surface area (Å²) < 4.78 is 23.7. The number of fused-ring (bicyclic) bond motifs is 1. The molecule has 0 radical (unpaired) electrons. The molecule has 1 aliphatic heterocycles.